The van der Waals surface area contributed by atoms with Gasteiger partial charge in [-0.25, -0.2) is 8.42 Å². The van der Waals surface area contributed by atoms with Crippen LogP contribution in [0.5, 0.6) is 11.5 Å². The van der Waals surface area contributed by atoms with Crippen molar-refractivity contribution in [2.24, 2.45) is 5.92 Å². The van der Waals surface area contributed by atoms with Crippen LogP contribution < -0.4 is 19.1 Å². The second kappa shape index (κ2) is 13.9. The Kier molecular flexibility index (Phi) is 11.2. The van der Waals surface area contributed by atoms with Crippen molar-refractivity contribution in [3.8, 4) is 11.5 Å². The van der Waals surface area contributed by atoms with E-state index in [0.717, 1.165) is 16.1 Å². The van der Waals surface area contributed by atoms with Gasteiger partial charge in [0, 0.05) is 19.2 Å². The van der Waals surface area contributed by atoms with E-state index in [2.05, 4.69) is 5.32 Å². The minimum absolute atomic E-state index is 0.179. The first kappa shape index (κ1) is 30.0. The minimum Gasteiger partial charge on any atom is -0.497 e. The molecule has 2 aromatic carbocycles. The minimum atomic E-state index is -3.90. The van der Waals surface area contributed by atoms with Crippen LogP contribution in [0.25, 0.3) is 0 Å². The molecule has 1 atom stereocenters. The lowest BCUT2D eigenvalue weighted by Crippen LogP contribution is -2.53. The first-order valence-corrected chi connectivity index (χ1v) is 14.2. The van der Waals surface area contributed by atoms with E-state index in [1.54, 1.807) is 12.1 Å². The van der Waals surface area contributed by atoms with Crippen molar-refractivity contribution < 1.29 is 27.5 Å². The molecular weight excluding hydrogens is 494 g/mol. The van der Waals surface area contributed by atoms with Gasteiger partial charge in [0.2, 0.25) is 21.8 Å². The maximum Gasteiger partial charge on any atom is 0.244 e. The van der Waals surface area contributed by atoms with Crippen molar-refractivity contribution in [1.29, 1.82) is 0 Å². The summed E-state index contributed by atoms with van der Waals surface area (Å²) in [6.45, 7) is 6.05. The van der Waals surface area contributed by atoms with Crippen LogP contribution in [0, 0.1) is 5.92 Å². The van der Waals surface area contributed by atoms with E-state index in [1.807, 2.05) is 51.1 Å². The highest BCUT2D eigenvalue weighted by atomic mass is 32.2. The van der Waals surface area contributed by atoms with Gasteiger partial charge in [-0.05, 0) is 36.5 Å². The van der Waals surface area contributed by atoms with Crippen LogP contribution in [0.2, 0.25) is 0 Å². The molecule has 204 valence electrons. The zero-order chi connectivity index (χ0) is 27.6. The number of nitrogens with zero attached hydrogens (tertiary/aromatic N) is 2. The number of carbonyl (C=O) groups excluding carboxylic acids is 2. The summed E-state index contributed by atoms with van der Waals surface area (Å²) >= 11 is 0. The molecule has 0 aliphatic heterocycles. The van der Waals surface area contributed by atoms with Gasteiger partial charge in [-0.15, -0.1) is 0 Å². The van der Waals surface area contributed by atoms with Crippen molar-refractivity contribution >= 4 is 27.5 Å². The molecule has 0 unspecified atom stereocenters. The van der Waals surface area contributed by atoms with Crippen LogP contribution in [-0.4, -0.2) is 71.3 Å². The van der Waals surface area contributed by atoms with E-state index in [1.165, 1.54) is 25.2 Å². The van der Waals surface area contributed by atoms with Gasteiger partial charge in [0.15, 0.2) is 0 Å². The number of sulfonamides is 1. The summed E-state index contributed by atoms with van der Waals surface area (Å²) in [6.07, 6.45) is 1.92. The van der Waals surface area contributed by atoms with Gasteiger partial charge < -0.3 is 19.7 Å². The largest absolute Gasteiger partial charge is 0.497 e. The fraction of sp³-hybridized carbons (Fsp3) is 0.481. The second-order valence-corrected chi connectivity index (χ2v) is 11.1. The maximum absolute atomic E-state index is 13.8. The summed E-state index contributed by atoms with van der Waals surface area (Å²) in [7, 11) is -1.01. The van der Waals surface area contributed by atoms with E-state index in [-0.39, 0.29) is 29.8 Å². The lowest BCUT2D eigenvalue weighted by atomic mass is 10.1. The highest BCUT2D eigenvalue weighted by molar-refractivity contribution is 7.92. The number of anilines is 1. The van der Waals surface area contributed by atoms with E-state index in [0.29, 0.717) is 25.1 Å². The molecular formula is C27H39N3O6S. The quantitative estimate of drug-likeness (QED) is 0.400. The van der Waals surface area contributed by atoms with E-state index in [9.17, 15) is 18.0 Å². The molecule has 0 radical (unpaired) electrons. The zero-order valence-corrected chi connectivity index (χ0v) is 23.4. The molecule has 0 spiro atoms. The lowest BCUT2D eigenvalue weighted by molar-refractivity contribution is -0.139. The Morgan fingerprint density at radius 3 is 2.24 bits per heavy atom. The Hall–Kier alpha value is -3.27. The zero-order valence-electron chi connectivity index (χ0n) is 22.6. The fourth-order valence-corrected chi connectivity index (χ4v) is 4.75. The number of benzene rings is 2. The molecule has 1 N–H and O–H groups in total. The standard InChI is InChI=1S/C27H39N3O6S/c1-7-23(27(32)28-18-20(2)3)29(16-15-21-11-9-8-10-12-21)26(31)19-30(37(6,33)34)24-17-22(35-4)13-14-25(24)36-5/h8-14,17,20,23H,7,15-16,18-19H2,1-6H3,(H,28,32)/t23-/m1/s1. The highest BCUT2D eigenvalue weighted by Gasteiger charge is 2.32. The molecule has 10 heteroatoms. The van der Waals surface area contributed by atoms with Gasteiger partial charge in [-0.1, -0.05) is 51.1 Å². The number of nitrogens with one attached hydrogen (secondary N) is 1. The number of hydrogen-bond donors (Lipinski definition) is 1. The molecule has 0 aliphatic rings. The average molecular weight is 534 g/mol. The van der Waals surface area contributed by atoms with Crippen LogP contribution in [0.3, 0.4) is 0 Å². The van der Waals surface area contributed by atoms with E-state index >= 15 is 0 Å². The van der Waals surface area contributed by atoms with Gasteiger partial charge in [0.25, 0.3) is 0 Å². The molecule has 2 rings (SSSR count). The highest BCUT2D eigenvalue weighted by Crippen LogP contribution is 2.33. The van der Waals surface area contributed by atoms with E-state index in [4.69, 9.17) is 9.47 Å². The summed E-state index contributed by atoms with van der Waals surface area (Å²) in [4.78, 5) is 28.3. The summed E-state index contributed by atoms with van der Waals surface area (Å²) in [6, 6.07) is 13.6. The predicted octanol–water partition coefficient (Wildman–Crippen LogP) is 3.09. The Labute approximate surface area is 220 Å². The molecule has 0 heterocycles. The molecule has 0 bridgehead atoms. The lowest BCUT2D eigenvalue weighted by Gasteiger charge is -2.33. The predicted molar refractivity (Wildman–Crippen MR) is 146 cm³/mol. The average Bonchev–Trinajstić information content (AvgIpc) is 2.87. The summed E-state index contributed by atoms with van der Waals surface area (Å²) < 4.78 is 37.4. The molecule has 9 nitrogen and oxygen atoms in total. The molecule has 2 amide bonds. The number of methoxy groups -OCH3 is 2. The van der Waals surface area contributed by atoms with Crippen molar-refractivity contribution in [2.75, 3.05) is 44.4 Å². The monoisotopic (exact) mass is 533 g/mol. The number of carbonyl (C=O) groups is 2. The van der Waals surface area contributed by atoms with Crippen LogP contribution in [0.15, 0.2) is 48.5 Å². The molecule has 2 aromatic rings. The Bertz CT molecular complexity index is 1140. The van der Waals surface area contributed by atoms with Gasteiger partial charge in [-0.2, -0.15) is 0 Å². The maximum atomic E-state index is 13.8. The first-order valence-electron chi connectivity index (χ1n) is 12.3. The third kappa shape index (κ3) is 8.66. The Morgan fingerprint density at radius 1 is 1.03 bits per heavy atom. The molecule has 0 aliphatic carbocycles. The topological polar surface area (TPSA) is 105 Å². The fourth-order valence-electron chi connectivity index (χ4n) is 3.90. The number of rotatable bonds is 14. The van der Waals surface area contributed by atoms with Gasteiger partial charge >= 0.3 is 0 Å². The van der Waals surface area contributed by atoms with Crippen molar-refractivity contribution in [3.05, 3.63) is 54.1 Å². The summed E-state index contributed by atoms with van der Waals surface area (Å²) in [5.41, 5.74) is 1.19. The molecule has 0 saturated carbocycles. The van der Waals surface area contributed by atoms with Gasteiger partial charge in [0.05, 0.1) is 26.2 Å². The number of ether oxygens (including phenoxy) is 2. The van der Waals surface area contributed by atoms with Crippen molar-refractivity contribution in [1.82, 2.24) is 10.2 Å². The number of hydrogen-bond acceptors (Lipinski definition) is 6. The first-order chi connectivity index (χ1) is 17.5. The van der Waals surface area contributed by atoms with Crippen molar-refractivity contribution in [2.45, 2.75) is 39.7 Å². The smallest absolute Gasteiger partial charge is 0.244 e. The third-order valence-corrected chi connectivity index (χ3v) is 7.02. The normalized spacial score (nSPS) is 12.1. The molecule has 0 fully saturated rings. The third-order valence-electron chi connectivity index (χ3n) is 5.89. The van der Waals surface area contributed by atoms with E-state index < -0.39 is 28.5 Å². The van der Waals surface area contributed by atoms with Crippen molar-refractivity contribution in [3.63, 3.8) is 0 Å². The molecule has 0 saturated heterocycles. The van der Waals surface area contributed by atoms with Crippen LogP contribution >= 0.6 is 0 Å². The van der Waals surface area contributed by atoms with Crippen LogP contribution in [0.4, 0.5) is 5.69 Å². The molecule has 0 aromatic heterocycles. The number of amides is 2. The Balaban J connectivity index is 2.44. The Morgan fingerprint density at radius 2 is 1.70 bits per heavy atom. The summed E-state index contributed by atoms with van der Waals surface area (Å²) in [5.74, 6) is 0.186. The van der Waals surface area contributed by atoms with Gasteiger partial charge in [-0.3, -0.25) is 13.9 Å². The molecule has 37 heavy (non-hydrogen) atoms. The second-order valence-electron chi connectivity index (χ2n) is 9.19. The van der Waals surface area contributed by atoms with Crippen LogP contribution in [0.1, 0.15) is 32.8 Å². The SMILES string of the molecule is CC[C@H](C(=O)NCC(C)C)N(CCc1ccccc1)C(=O)CN(c1cc(OC)ccc1OC)S(C)(=O)=O. The van der Waals surface area contributed by atoms with Gasteiger partial charge in [0.1, 0.15) is 24.1 Å². The summed E-state index contributed by atoms with van der Waals surface area (Å²) in [5, 5.41) is 2.91. The van der Waals surface area contributed by atoms with Crippen LogP contribution in [-0.2, 0) is 26.0 Å².